The van der Waals surface area contributed by atoms with Crippen molar-refractivity contribution in [1.29, 1.82) is 0 Å². The van der Waals surface area contributed by atoms with Crippen LogP contribution in [0.15, 0.2) is 36.5 Å². The van der Waals surface area contributed by atoms with Gasteiger partial charge in [0.2, 0.25) is 0 Å². The third-order valence-corrected chi connectivity index (χ3v) is 2.55. The predicted octanol–water partition coefficient (Wildman–Crippen LogP) is 0.876. The minimum Gasteiger partial charge on any atom is -0.423 e. The van der Waals surface area contributed by atoms with Gasteiger partial charge in [0.15, 0.2) is 0 Å². The maximum absolute atomic E-state index is 13.0. The highest BCUT2D eigenvalue weighted by Crippen LogP contribution is 2.21. The van der Waals surface area contributed by atoms with Crippen LogP contribution < -0.4 is 5.46 Å². The van der Waals surface area contributed by atoms with E-state index < -0.39 is 7.12 Å². The van der Waals surface area contributed by atoms with Crippen LogP contribution in [0, 0.1) is 12.7 Å². The first-order valence-corrected chi connectivity index (χ1v) is 5.16. The lowest BCUT2D eigenvalue weighted by Gasteiger charge is -2.07. The van der Waals surface area contributed by atoms with Crippen LogP contribution >= 0.6 is 0 Å². The predicted molar refractivity (Wildman–Crippen MR) is 64.2 cm³/mol. The van der Waals surface area contributed by atoms with E-state index in [0.717, 1.165) is 11.1 Å². The van der Waals surface area contributed by atoms with E-state index in [1.54, 1.807) is 19.1 Å². The second kappa shape index (κ2) is 4.65. The zero-order chi connectivity index (χ0) is 12.4. The highest BCUT2D eigenvalue weighted by molar-refractivity contribution is 6.58. The molecule has 17 heavy (non-hydrogen) atoms. The summed E-state index contributed by atoms with van der Waals surface area (Å²) in [5, 5.41) is 18.2. The minimum atomic E-state index is -1.53. The molecule has 0 aliphatic rings. The molecule has 2 rings (SSSR count). The molecule has 1 aromatic carbocycles. The molecule has 0 amide bonds. The zero-order valence-corrected chi connectivity index (χ0v) is 9.26. The van der Waals surface area contributed by atoms with Crippen molar-refractivity contribution < 1.29 is 14.4 Å². The van der Waals surface area contributed by atoms with Crippen LogP contribution in [0.25, 0.3) is 11.3 Å². The number of hydrogen-bond donors (Lipinski definition) is 2. The van der Waals surface area contributed by atoms with Crippen LogP contribution in [0.5, 0.6) is 0 Å². The van der Waals surface area contributed by atoms with Gasteiger partial charge in [0.25, 0.3) is 0 Å². The molecule has 0 saturated carbocycles. The highest BCUT2D eigenvalue weighted by atomic mass is 19.1. The van der Waals surface area contributed by atoms with Gasteiger partial charge >= 0.3 is 7.12 Å². The van der Waals surface area contributed by atoms with Crippen molar-refractivity contribution in [2.24, 2.45) is 0 Å². The van der Waals surface area contributed by atoms with Crippen LogP contribution in [0.3, 0.4) is 0 Å². The Morgan fingerprint density at radius 1 is 1.18 bits per heavy atom. The largest absolute Gasteiger partial charge is 0.488 e. The number of aryl methyl sites for hydroxylation is 1. The van der Waals surface area contributed by atoms with E-state index in [4.69, 9.17) is 10.0 Å². The molecule has 5 heteroatoms. The molecular weight excluding hydrogens is 220 g/mol. The van der Waals surface area contributed by atoms with Crippen LogP contribution in [-0.2, 0) is 0 Å². The number of halogens is 1. The Morgan fingerprint density at radius 2 is 1.94 bits per heavy atom. The molecule has 0 radical (unpaired) electrons. The Bertz CT molecular complexity index is 546. The molecule has 0 bridgehead atoms. The van der Waals surface area contributed by atoms with Crippen molar-refractivity contribution >= 4 is 12.6 Å². The molecule has 0 fully saturated rings. The fraction of sp³-hybridized carbons (Fsp3) is 0.0833. The standard InChI is InChI=1S/C12H11BFNO2/c1-8-6-10(14)2-3-11(8)12-7-9(13(16)17)4-5-15-12/h2-7,16-17H,1H3. The first-order valence-electron chi connectivity index (χ1n) is 5.16. The van der Waals surface area contributed by atoms with E-state index in [0.29, 0.717) is 11.2 Å². The molecule has 1 heterocycles. The normalized spacial score (nSPS) is 10.4. The third-order valence-electron chi connectivity index (χ3n) is 2.55. The summed E-state index contributed by atoms with van der Waals surface area (Å²) in [7, 11) is -1.53. The van der Waals surface area contributed by atoms with Gasteiger partial charge in [-0.05, 0) is 48.3 Å². The van der Waals surface area contributed by atoms with E-state index in [2.05, 4.69) is 4.98 Å². The smallest absolute Gasteiger partial charge is 0.423 e. The lowest BCUT2D eigenvalue weighted by molar-refractivity contribution is 0.425. The van der Waals surface area contributed by atoms with Gasteiger partial charge in [0, 0.05) is 11.8 Å². The Kier molecular flexibility index (Phi) is 3.22. The average molecular weight is 231 g/mol. The second-order valence-electron chi connectivity index (χ2n) is 3.81. The molecular formula is C12H11BFNO2. The van der Waals surface area contributed by atoms with Crippen LogP contribution in [0.4, 0.5) is 4.39 Å². The fourth-order valence-electron chi connectivity index (χ4n) is 1.67. The first-order chi connectivity index (χ1) is 8.08. The van der Waals surface area contributed by atoms with E-state index in [-0.39, 0.29) is 5.82 Å². The van der Waals surface area contributed by atoms with Gasteiger partial charge in [-0.1, -0.05) is 0 Å². The van der Waals surface area contributed by atoms with Gasteiger partial charge in [-0.15, -0.1) is 0 Å². The fourth-order valence-corrected chi connectivity index (χ4v) is 1.67. The number of aromatic nitrogens is 1. The lowest BCUT2D eigenvalue weighted by Crippen LogP contribution is -2.29. The molecule has 0 atom stereocenters. The van der Waals surface area contributed by atoms with Crippen molar-refractivity contribution in [1.82, 2.24) is 4.98 Å². The lowest BCUT2D eigenvalue weighted by atomic mass is 9.80. The Labute approximate surface area is 98.7 Å². The molecule has 3 nitrogen and oxygen atoms in total. The molecule has 0 aliphatic carbocycles. The number of benzene rings is 1. The van der Waals surface area contributed by atoms with Crippen LogP contribution in [0.2, 0.25) is 0 Å². The number of nitrogens with zero attached hydrogens (tertiary/aromatic N) is 1. The third kappa shape index (κ3) is 2.51. The van der Waals surface area contributed by atoms with Crippen molar-refractivity contribution in [3.8, 4) is 11.3 Å². The van der Waals surface area contributed by atoms with Crippen LogP contribution in [0.1, 0.15) is 5.56 Å². The monoisotopic (exact) mass is 231 g/mol. The number of hydrogen-bond acceptors (Lipinski definition) is 3. The molecule has 2 N–H and O–H groups in total. The van der Waals surface area contributed by atoms with Crippen molar-refractivity contribution in [2.75, 3.05) is 0 Å². The van der Waals surface area contributed by atoms with Crippen molar-refractivity contribution in [3.05, 3.63) is 47.9 Å². The summed E-state index contributed by atoms with van der Waals surface area (Å²) in [5.41, 5.74) is 2.47. The number of pyridine rings is 1. The number of rotatable bonds is 2. The summed E-state index contributed by atoms with van der Waals surface area (Å²) in [6.07, 6.45) is 1.49. The minimum absolute atomic E-state index is 0.301. The SMILES string of the molecule is Cc1cc(F)ccc1-c1cc(B(O)O)ccn1. The summed E-state index contributed by atoms with van der Waals surface area (Å²) in [6.45, 7) is 1.78. The maximum Gasteiger partial charge on any atom is 0.488 e. The van der Waals surface area contributed by atoms with Gasteiger partial charge in [0.05, 0.1) is 5.69 Å². The Balaban J connectivity index is 2.49. The Hall–Kier alpha value is -1.72. The highest BCUT2D eigenvalue weighted by Gasteiger charge is 2.13. The van der Waals surface area contributed by atoms with Crippen molar-refractivity contribution in [2.45, 2.75) is 6.92 Å². The summed E-state index contributed by atoms with van der Waals surface area (Å²) < 4.78 is 13.0. The van der Waals surface area contributed by atoms with E-state index in [1.807, 2.05) is 0 Å². The summed E-state index contributed by atoms with van der Waals surface area (Å²) in [6, 6.07) is 7.49. The molecule has 1 aromatic heterocycles. The molecule has 0 aliphatic heterocycles. The second-order valence-corrected chi connectivity index (χ2v) is 3.81. The molecule has 0 unspecified atom stereocenters. The van der Waals surface area contributed by atoms with Gasteiger partial charge in [-0.3, -0.25) is 4.98 Å². The Morgan fingerprint density at radius 3 is 2.59 bits per heavy atom. The van der Waals surface area contributed by atoms with Crippen molar-refractivity contribution in [3.63, 3.8) is 0 Å². The molecule has 0 spiro atoms. The quantitative estimate of drug-likeness (QED) is 0.754. The van der Waals surface area contributed by atoms with Crippen LogP contribution in [-0.4, -0.2) is 22.2 Å². The molecule has 2 aromatic rings. The summed E-state index contributed by atoms with van der Waals surface area (Å²) in [4.78, 5) is 4.14. The topological polar surface area (TPSA) is 53.4 Å². The molecule has 0 saturated heterocycles. The summed E-state index contributed by atoms with van der Waals surface area (Å²) >= 11 is 0. The first kappa shape index (κ1) is 11.8. The van der Waals surface area contributed by atoms with Gasteiger partial charge in [0.1, 0.15) is 5.82 Å². The van der Waals surface area contributed by atoms with Gasteiger partial charge in [-0.2, -0.15) is 0 Å². The maximum atomic E-state index is 13.0. The van der Waals surface area contributed by atoms with Gasteiger partial charge < -0.3 is 10.0 Å². The molecule has 86 valence electrons. The van der Waals surface area contributed by atoms with E-state index in [1.165, 1.54) is 24.4 Å². The zero-order valence-electron chi connectivity index (χ0n) is 9.26. The van der Waals surface area contributed by atoms with E-state index >= 15 is 0 Å². The summed E-state index contributed by atoms with van der Waals surface area (Å²) in [5.74, 6) is -0.301. The van der Waals surface area contributed by atoms with Gasteiger partial charge in [-0.25, -0.2) is 4.39 Å². The average Bonchev–Trinajstić information content (AvgIpc) is 2.29. The van der Waals surface area contributed by atoms with E-state index in [9.17, 15) is 4.39 Å².